The van der Waals surface area contributed by atoms with Gasteiger partial charge in [-0.25, -0.2) is 9.97 Å². The van der Waals surface area contributed by atoms with E-state index in [4.69, 9.17) is 16.0 Å². The van der Waals surface area contributed by atoms with Crippen LogP contribution in [0.4, 0.5) is 5.13 Å². The van der Waals surface area contributed by atoms with Crippen LogP contribution in [0.25, 0.3) is 10.2 Å². The first-order valence-corrected chi connectivity index (χ1v) is 7.49. The number of amides is 1. The molecule has 5 nitrogen and oxygen atoms in total. The van der Waals surface area contributed by atoms with Crippen molar-refractivity contribution in [3.05, 3.63) is 40.6 Å². The number of benzene rings is 1. The summed E-state index contributed by atoms with van der Waals surface area (Å²) < 4.78 is 6.33. The number of anilines is 1. The SMILES string of the molecule is Cc1nc(C)c(CC(=O)Nc2nc3ccc(Cl)cc3s2)o1. The number of aromatic nitrogens is 2. The molecular weight excluding hydrogens is 310 g/mol. The molecule has 1 N–H and O–H groups in total. The lowest BCUT2D eigenvalue weighted by Gasteiger charge is -1.99. The maximum atomic E-state index is 12.0. The number of thiazole rings is 1. The van der Waals surface area contributed by atoms with Crippen LogP contribution in [0.1, 0.15) is 17.3 Å². The third kappa shape index (κ3) is 3.06. The molecule has 21 heavy (non-hydrogen) atoms. The lowest BCUT2D eigenvalue weighted by molar-refractivity contribution is -0.115. The fourth-order valence-corrected chi connectivity index (χ4v) is 3.16. The van der Waals surface area contributed by atoms with Crippen molar-refractivity contribution in [2.75, 3.05) is 5.32 Å². The second-order valence-corrected chi connectivity index (χ2v) is 6.06. The molecular formula is C14H12ClN3O2S. The van der Waals surface area contributed by atoms with Crippen molar-refractivity contribution in [3.8, 4) is 0 Å². The first-order valence-electron chi connectivity index (χ1n) is 6.30. The number of hydrogen-bond acceptors (Lipinski definition) is 5. The summed E-state index contributed by atoms with van der Waals surface area (Å²) in [4.78, 5) is 20.5. The molecule has 1 amide bonds. The van der Waals surface area contributed by atoms with Crippen molar-refractivity contribution in [2.24, 2.45) is 0 Å². The highest BCUT2D eigenvalue weighted by Gasteiger charge is 2.14. The van der Waals surface area contributed by atoms with Gasteiger partial charge in [-0.1, -0.05) is 22.9 Å². The van der Waals surface area contributed by atoms with Gasteiger partial charge in [-0.3, -0.25) is 4.79 Å². The summed E-state index contributed by atoms with van der Waals surface area (Å²) in [5.41, 5.74) is 1.55. The van der Waals surface area contributed by atoms with Gasteiger partial charge >= 0.3 is 0 Å². The quantitative estimate of drug-likeness (QED) is 0.798. The molecule has 0 aliphatic heterocycles. The topological polar surface area (TPSA) is 68.0 Å². The molecule has 0 spiro atoms. The second-order valence-electron chi connectivity index (χ2n) is 4.60. The lowest BCUT2D eigenvalue weighted by Crippen LogP contribution is -2.14. The van der Waals surface area contributed by atoms with Crippen molar-refractivity contribution >= 4 is 44.2 Å². The molecule has 0 unspecified atom stereocenters. The minimum atomic E-state index is -0.181. The zero-order valence-electron chi connectivity index (χ0n) is 11.4. The van der Waals surface area contributed by atoms with E-state index >= 15 is 0 Å². The van der Waals surface area contributed by atoms with Crippen LogP contribution in [0.3, 0.4) is 0 Å². The van der Waals surface area contributed by atoms with Gasteiger partial charge in [0, 0.05) is 11.9 Å². The fraction of sp³-hybridized carbons (Fsp3) is 0.214. The Morgan fingerprint density at radius 1 is 1.38 bits per heavy atom. The molecule has 0 radical (unpaired) electrons. The van der Waals surface area contributed by atoms with Crippen LogP contribution in [-0.2, 0) is 11.2 Å². The number of carbonyl (C=O) groups is 1. The first-order chi connectivity index (χ1) is 10.0. The minimum Gasteiger partial charge on any atom is -0.445 e. The fourth-order valence-electron chi connectivity index (χ4n) is 2.00. The first kappa shape index (κ1) is 14.0. The van der Waals surface area contributed by atoms with Crippen molar-refractivity contribution in [1.82, 2.24) is 9.97 Å². The van der Waals surface area contributed by atoms with E-state index in [1.165, 1.54) is 11.3 Å². The standard InChI is InChI=1S/C14H12ClN3O2S/c1-7-11(20-8(2)16-7)6-13(19)18-14-17-10-4-3-9(15)5-12(10)21-14/h3-5H,6H2,1-2H3,(H,17,18,19). The Balaban J connectivity index is 1.75. The van der Waals surface area contributed by atoms with Gasteiger partial charge in [0.15, 0.2) is 11.0 Å². The summed E-state index contributed by atoms with van der Waals surface area (Å²) >= 11 is 7.32. The molecule has 0 aliphatic carbocycles. The van der Waals surface area contributed by atoms with Crippen molar-refractivity contribution < 1.29 is 9.21 Å². The van der Waals surface area contributed by atoms with Crippen LogP contribution in [0.5, 0.6) is 0 Å². The van der Waals surface area contributed by atoms with Crippen LogP contribution in [0.2, 0.25) is 5.02 Å². The van der Waals surface area contributed by atoms with E-state index < -0.39 is 0 Å². The van der Waals surface area contributed by atoms with Gasteiger partial charge in [0.25, 0.3) is 0 Å². The summed E-state index contributed by atoms with van der Waals surface area (Å²) in [6, 6.07) is 5.43. The zero-order valence-corrected chi connectivity index (χ0v) is 13.0. The van der Waals surface area contributed by atoms with Gasteiger partial charge < -0.3 is 9.73 Å². The number of fused-ring (bicyclic) bond motifs is 1. The molecule has 108 valence electrons. The van der Waals surface area contributed by atoms with Crippen molar-refractivity contribution in [3.63, 3.8) is 0 Å². The molecule has 1 aromatic carbocycles. The number of nitrogens with zero attached hydrogens (tertiary/aromatic N) is 2. The van der Waals surface area contributed by atoms with Gasteiger partial charge in [0.1, 0.15) is 5.76 Å². The van der Waals surface area contributed by atoms with Crippen LogP contribution < -0.4 is 5.32 Å². The third-order valence-corrected chi connectivity index (χ3v) is 4.09. The predicted molar refractivity (Wildman–Crippen MR) is 82.9 cm³/mol. The summed E-state index contributed by atoms with van der Waals surface area (Å²) in [6.45, 7) is 3.57. The monoisotopic (exact) mass is 321 g/mol. The van der Waals surface area contributed by atoms with Gasteiger partial charge in [-0.2, -0.15) is 0 Å². The molecule has 0 atom stereocenters. The third-order valence-electron chi connectivity index (χ3n) is 2.92. The number of carbonyl (C=O) groups excluding carboxylic acids is 1. The number of aryl methyl sites for hydroxylation is 2. The van der Waals surface area contributed by atoms with E-state index in [1.807, 2.05) is 19.1 Å². The number of hydrogen-bond donors (Lipinski definition) is 1. The predicted octanol–water partition coefficient (Wildman–Crippen LogP) is 3.74. The summed E-state index contributed by atoms with van der Waals surface area (Å²) in [6.07, 6.45) is 0.142. The summed E-state index contributed by atoms with van der Waals surface area (Å²) in [7, 11) is 0. The molecule has 0 saturated heterocycles. The van der Waals surface area contributed by atoms with E-state index in [-0.39, 0.29) is 12.3 Å². The Morgan fingerprint density at radius 2 is 2.19 bits per heavy atom. The molecule has 3 rings (SSSR count). The van der Waals surface area contributed by atoms with E-state index in [2.05, 4.69) is 15.3 Å². The second kappa shape index (κ2) is 5.46. The molecule has 7 heteroatoms. The normalized spacial score (nSPS) is 11.0. The molecule has 2 aromatic heterocycles. The molecule has 0 bridgehead atoms. The van der Waals surface area contributed by atoms with Crippen LogP contribution >= 0.6 is 22.9 Å². The van der Waals surface area contributed by atoms with Gasteiger partial charge in [0.2, 0.25) is 5.91 Å². The summed E-state index contributed by atoms with van der Waals surface area (Å²) in [5.74, 6) is 0.957. The average Bonchev–Trinajstić information content (AvgIpc) is 2.91. The maximum absolute atomic E-state index is 12.0. The number of rotatable bonds is 3. The number of oxazole rings is 1. The van der Waals surface area contributed by atoms with Crippen LogP contribution in [0.15, 0.2) is 22.6 Å². The Hall–Kier alpha value is -1.92. The Bertz CT molecular complexity index is 825. The molecule has 2 heterocycles. The maximum Gasteiger partial charge on any atom is 0.233 e. The lowest BCUT2D eigenvalue weighted by atomic mass is 10.3. The van der Waals surface area contributed by atoms with Crippen LogP contribution in [-0.4, -0.2) is 15.9 Å². The molecule has 3 aromatic rings. The largest absolute Gasteiger partial charge is 0.445 e. The van der Waals surface area contributed by atoms with Crippen LogP contribution in [0, 0.1) is 13.8 Å². The molecule has 0 saturated carbocycles. The smallest absolute Gasteiger partial charge is 0.233 e. The van der Waals surface area contributed by atoms with Gasteiger partial charge in [0.05, 0.1) is 22.3 Å². The van der Waals surface area contributed by atoms with E-state index in [1.54, 1.807) is 13.0 Å². The highest BCUT2D eigenvalue weighted by molar-refractivity contribution is 7.22. The van der Waals surface area contributed by atoms with E-state index in [0.717, 1.165) is 15.9 Å². The summed E-state index contributed by atoms with van der Waals surface area (Å²) in [5, 5.41) is 3.97. The van der Waals surface area contributed by atoms with Gasteiger partial charge in [-0.15, -0.1) is 0 Å². The highest BCUT2D eigenvalue weighted by atomic mass is 35.5. The molecule has 0 fully saturated rings. The van der Waals surface area contributed by atoms with E-state index in [0.29, 0.717) is 21.8 Å². The number of halogens is 1. The molecule has 0 aliphatic rings. The van der Waals surface area contributed by atoms with Crippen molar-refractivity contribution in [1.29, 1.82) is 0 Å². The minimum absolute atomic E-state index is 0.142. The number of nitrogens with one attached hydrogen (secondary N) is 1. The Morgan fingerprint density at radius 3 is 2.90 bits per heavy atom. The average molecular weight is 322 g/mol. The Labute approximate surface area is 130 Å². The van der Waals surface area contributed by atoms with Gasteiger partial charge in [-0.05, 0) is 25.1 Å². The Kier molecular flexibility index (Phi) is 3.65. The van der Waals surface area contributed by atoms with E-state index in [9.17, 15) is 4.79 Å². The zero-order chi connectivity index (χ0) is 15.0. The highest BCUT2D eigenvalue weighted by Crippen LogP contribution is 2.28. The van der Waals surface area contributed by atoms with Crippen molar-refractivity contribution in [2.45, 2.75) is 20.3 Å².